The van der Waals surface area contributed by atoms with Gasteiger partial charge in [-0.2, -0.15) is 0 Å². The van der Waals surface area contributed by atoms with Crippen molar-refractivity contribution in [1.29, 1.82) is 0 Å². The number of fused-ring (bicyclic) bond motifs is 1. The molecular formula is C16H12ClNO6. The standard InChI is InChI=1S/C16H12ClNO6/c17-11-3-1-10(2-4-11)9-24-16(19)12-7-14-15(23-6-5-22-14)8-13(12)18(20)21/h1-4,7-8H,5-6,9H2. The molecule has 2 aromatic carbocycles. The van der Waals surface area contributed by atoms with E-state index in [1.807, 2.05) is 0 Å². The smallest absolute Gasteiger partial charge is 0.345 e. The van der Waals surface area contributed by atoms with E-state index >= 15 is 0 Å². The maximum absolute atomic E-state index is 12.2. The van der Waals surface area contributed by atoms with Crippen molar-refractivity contribution in [2.24, 2.45) is 0 Å². The van der Waals surface area contributed by atoms with Crippen LogP contribution in [0.25, 0.3) is 0 Å². The molecule has 0 N–H and O–H groups in total. The van der Waals surface area contributed by atoms with Crippen LogP contribution in [-0.4, -0.2) is 24.1 Å². The van der Waals surface area contributed by atoms with Crippen LogP contribution in [-0.2, 0) is 11.3 Å². The second kappa shape index (κ2) is 6.76. The zero-order valence-electron chi connectivity index (χ0n) is 12.4. The topological polar surface area (TPSA) is 87.9 Å². The summed E-state index contributed by atoms with van der Waals surface area (Å²) >= 11 is 5.78. The maximum Gasteiger partial charge on any atom is 0.345 e. The number of hydrogen-bond donors (Lipinski definition) is 0. The van der Waals surface area contributed by atoms with Crippen molar-refractivity contribution in [3.8, 4) is 11.5 Å². The SMILES string of the molecule is O=C(OCc1ccc(Cl)cc1)c1cc2c(cc1[N+](=O)[O-])OCCO2. The minimum atomic E-state index is -0.811. The number of carbonyl (C=O) groups excluding carboxylic acids is 1. The van der Waals surface area contributed by atoms with Crippen LogP contribution in [0.15, 0.2) is 36.4 Å². The molecule has 2 aromatic rings. The minimum absolute atomic E-state index is 0.0262. The number of nitrogens with zero attached hydrogens (tertiary/aromatic N) is 1. The molecule has 0 aliphatic carbocycles. The lowest BCUT2D eigenvalue weighted by atomic mass is 10.1. The number of ether oxygens (including phenoxy) is 3. The molecule has 7 nitrogen and oxygen atoms in total. The second-order valence-corrected chi connectivity index (χ2v) is 5.41. The third kappa shape index (κ3) is 3.41. The molecule has 0 saturated carbocycles. The summed E-state index contributed by atoms with van der Waals surface area (Å²) in [6.07, 6.45) is 0. The lowest BCUT2D eigenvalue weighted by molar-refractivity contribution is -0.385. The molecule has 0 atom stereocenters. The van der Waals surface area contributed by atoms with Crippen LogP contribution in [0.5, 0.6) is 11.5 Å². The van der Waals surface area contributed by atoms with E-state index < -0.39 is 10.9 Å². The van der Waals surface area contributed by atoms with Crippen molar-refractivity contribution in [1.82, 2.24) is 0 Å². The Morgan fingerprint density at radius 2 is 1.79 bits per heavy atom. The molecule has 0 amide bonds. The van der Waals surface area contributed by atoms with Crippen LogP contribution in [0, 0.1) is 10.1 Å². The zero-order valence-corrected chi connectivity index (χ0v) is 13.1. The lowest BCUT2D eigenvalue weighted by Crippen LogP contribution is -2.17. The summed E-state index contributed by atoms with van der Waals surface area (Å²) < 4.78 is 15.8. The van der Waals surface area contributed by atoms with Gasteiger partial charge in [-0.3, -0.25) is 10.1 Å². The normalized spacial score (nSPS) is 12.5. The van der Waals surface area contributed by atoms with Gasteiger partial charge < -0.3 is 14.2 Å². The maximum atomic E-state index is 12.2. The molecule has 0 saturated heterocycles. The fourth-order valence-electron chi connectivity index (χ4n) is 2.20. The molecule has 124 valence electrons. The number of carbonyl (C=O) groups is 1. The highest BCUT2D eigenvalue weighted by Crippen LogP contribution is 2.36. The van der Waals surface area contributed by atoms with Gasteiger partial charge in [-0.1, -0.05) is 23.7 Å². The van der Waals surface area contributed by atoms with E-state index in [0.29, 0.717) is 23.8 Å². The number of nitro groups is 1. The zero-order chi connectivity index (χ0) is 17.1. The first-order valence-corrected chi connectivity index (χ1v) is 7.42. The second-order valence-electron chi connectivity index (χ2n) is 4.97. The molecule has 0 unspecified atom stereocenters. The van der Waals surface area contributed by atoms with Crippen molar-refractivity contribution in [2.75, 3.05) is 13.2 Å². The first-order chi connectivity index (χ1) is 11.5. The van der Waals surface area contributed by atoms with Gasteiger partial charge in [0.25, 0.3) is 5.69 Å². The van der Waals surface area contributed by atoms with Crippen LogP contribution >= 0.6 is 11.6 Å². The summed E-state index contributed by atoms with van der Waals surface area (Å²) in [5, 5.41) is 11.8. The predicted molar refractivity (Wildman–Crippen MR) is 84.7 cm³/mol. The highest BCUT2D eigenvalue weighted by atomic mass is 35.5. The third-order valence-electron chi connectivity index (χ3n) is 3.36. The van der Waals surface area contributed by atoms with Gasteiger partial charge in [-0.05, 0) is 17.7 Å². The molecular weight excluding hydrogens is 338 g/mol. The summed E-state index contributed by atoms with van der Waals surface area (Å²) in [4.78, 5) is 22.8. The molecule has 0 spiro atoms. The number of halogens is 1. The molecule has 0 fully saturated rings. The fourth-order valence-corrected chi connectivity index (χ4v) is 2.33. The lowest BCUT2D eigenvalue weighted by Gasteiger charge is -2.18. The van der Waals surface area contributed by atoms with Gasteiger partial charge >= 0.3 is 5.97 Å². The Morgan fingerprint density at radius 3 is 2.42 bits per heavy atom. The summed E-state index contributed by atoms with van der Waals surface area (Å²) in [5.74, 6) is -0.291. The molecule has 1 aliphatic heterocycles. The Hall–Kier alpha value is -2.80. The molecule has 0 radical (unpaired) electrons. The van der Waals surface area contributed by atoms with Crippen molar-refractivity contribution in [2.45, 2.75) is 6.61 Å². The van der Waals surface area contributed by atoms with Crippen molar-refractivity contribution >= 4 is 23.3 Å². The molecule has 24 heavy (non-hydrogen) atoms. The van der Waals surface area contributed by atoms with E-state index in [1.54, 1.807) is 24.3 Å². The summed E-state index contributed by atoms with van der Waals surface area (Å²) in [7, 11) is 0. The van der Waals surface area contributed by atoms with Crippen molar-refractivity contribution in [3.63, 3.8) is 0 Å². The van der Waals surface area contributed by atoms with E-state index in [-0.39, 0.29) is 29.4 Å². The number of benzene rings is 2. The monoisotopic (exact) mass is 349 g/mol. The minimum Gasteiger partial charge on any atom is -0.486 e. The van der Waals surface area contributed by atoms with E-state index in [4.69, 9.17) is 25.8 Å². The van der Waals surface area contributed by atoms with Crippen LogP contribution < -0.4 is 9.47 Å². The van der Waals surface area contributed by atoms with Crippen molar-refractivity contribution in [3.05, 3.63) is 62.7 Å². The van der Waals surface area contributed by atoms with Gasteiger partial charge in [0.15, 0.2) is 11.5 Å². The summed E-state index contributed by atoms with van der Waals surface area (Å²) in [6, 6.07) is 9.18. The van der Waals surface area contributed by atoms with Crippen molar-refractivity contribution < 1.29 is 23.9 Å². The number of rotatable bonds is 4. The van der Waals surface area contributed by atoms with Crippen LogP contribution in [0.3, 0.4) is 0 Å². The molecule has 3 rings (SSSR count). The van der Waals surface area contributed by atoms with Gasteiger partial charge in [0.05, 0.1) is 11.0 Å². The van der Waals surface area contributed by atoms with E-state index in [1.165, 1.54) is 12.1 Å². The first-order valence-electron chi connectivity index (χ1n) is 7.04. The van der Waals surface area contributed by atoms with Gasteiger partial charge in [0.1, 0.15) is 25.4 Å². The molecule has 8 heteroatoms. The van der Waals surface area contributed by atoms with Crippen LogP contribution in [0.1, 0.15) is 15.9 Å². The van der Waals surface area contributed by atoms with E-state index in [9.17, 15) is 14.9 Å². The summed E-state index contributed by atoms with van der Waals surface area (Å²) in [5.41, 5.74) is 0.145. The Balaban J connectivity index is 1.82. The largest absolute Gasteiger partial charge is 0.486 e. The van der Waals surface area contributed by atoms with Gasteiger partial charge in [-0.25, -0.2) is 4.79 Å². The van der Waals surface area contributed by atoms with Gasteiger partial charge in [0, 0.05) is 11.1 Å². The highest BCUT2D eigenvalue weighted by Gasteiger charge is 2.27. The van der Waals surface area contributed by atoms with Crippen LogP contribution in [0.4, 0.5) is 5.69 Å². The van der Waals surface area contributed by atoms with Crippen LogP contribution in [0.2, 0.25) is 5.02 Å². The third-order valence-corrected chi connectivity index (χ3v) is 3.61. The van der Waals surface area contributed by atoms with E-state index in [0.717, 1.165) is 0 Å². The first kappa shape index (κ1) is 16.1. The Labute approximate surface area is 141 Å². The number of hydrogen-bond acceptors (Lipinski definition) is 6. The average Bonchev–Trinajstić information content (AvgIpc) is 2.59. The predicted octanol–water partition coefficient (Wildman–Crippen LogP) is 3.38. The number of esters is 1. The molecule has 0 bridgehead atoms. The van der Waals surface area contributed by atoms with E-state index in [2.05, 4.69) is 0 Å². The Bertz CT molecular complexity index is 790. The average molecular weight is 350 g/mol. The molecule has 1 aliphatic rings. The fraction of sp³-hybridized carbons (Fsp3) is 0.188. The van der Waals surface area contributed by atoms with Gasteiger partial charge in [-0.15, -0.1) is 0 Å². The highest BCUT2D eigenvalue weighted by molar-refractivity contribution is 6.30. The molecule has 1 heterocycles. The Morgan fingerprint density at radius 1 is 1.17 bits per heavy atom. The molecule has 0 aromatic heterocycles. The quantitative estimate of drug-likeness (QED) is 0.477. The Kier molecular flexibility index (Phi) is 4.52. The summed E-state index contributed by atoms with van der Waals surface area (Å²) in [6.45, 7) is 0.580. The van der Waals surface area contributed by atoms with Gasteiger partial charge in [0.2, 0.25) is 0 Å². The number of nitro benzene ring substituents is 1.